The molecule has 1 saturated heterocycles. The van der Waals surface area contributed by atoms with Crippen LogP contribution in [0.4, 0.5) is 0 Å². The summed E-state index contributed by atoms with van der Waals surface area (Å²) < 4.78 is 4.84. The summed E-state index contributed by atoms with van der Waals surface area (Å²) in [4.78, 5) is 15.9. The number of piperazine rings is 1. The predicted octanol–water partition coefficient (Wildman–Crippen LogP) is -0.348. The summed E-state index contributed by atoms with van der Waals surface area (Å²) in [6.45, 7) is 5.76. The van der Waals surface area contributed by atoms with Gasteiger partial charge >= 0.3 is 0 Å². The largest absolute Gasteiger partial charge is 0.351 e. The molecule has 0 radical (unpaired) electrons. The van der Waals surface area contributed by atoms with E-state index in [1.54, 1.807) is 18.0 Å². The molecule has 1 aliphatic rings. The summed E-state index contributed by atoms with van der Waals surface area (Å²) in [7, 11) is 1.78. The smallest absolute Gasteiger partial charge is 0.292 e. The predicted molar refractivity (Wildman–Crippen MR) is 62.8 cm³/mol. The Balaban J connectivity index is 1.76. The summed E-state index contributed by atoms with van der Waals surface area (Å²) in [5.74, 6) is 0.186. The fraction of sp³-hybridized carbons (Fsp3) is 0.636. The van der Waals surface area contributed by atoms with Gasteiger partial charge in [0.15, 0.2) is 0 Å². The second kappa shape index (κ2) is 5.79. The van der Waals surface area contributed by atoms with Crippen molar-refractivity contribution < 1.29 is 9.32 Å². The van der Waals surface area contributed by atoms with Crippen molar-refractivity contribution in [3.63, 3.8) is 0 Å². The van der Waals surface area contributed by atoms with Crippen LogP contribution in [0.3, 0.4) is 0 Å². The van der Waals surface area contributed by atoms with E-state index in [-0.39, 0.29) is 5.91 Å². The zero-order valence-electron chi connectivity index (χ0n) is 10.1. The maximum Gasteiger partial charge on any atom is 0.292 e. The molecular formula is C11H18N4O2. The van der Waals surface area contributed by atoms with Gasteiger partial charge in [0.1, 0.15) is 0 Å². The summed E-state index contributed by atoms with van der Waals surface area (Å²) in [6.07, 6.45) is 1.48. The Morgan fingerprint density at radius 2 is 2.35 bits per heavy atom. The monoisotopic (exact) mass is 238 g/mol. The molecule has 1 amide bonds. The average Bonchev–Trinajstić information content (AvgIpc) is 2.90. The van der Waals surface area contributed by atoms with Crippen molar-refractivity contribution in [3.8, 4) is 0 Å². The van der Waals surface area contributed by atoms with Gasteiger partial charge in [-0.05, 0) is 0 Å². The van der Waals surface area contributed by atoms with Gasteiger partial charge in [0.2, 0.25) is 5.76 Å². The maximum atomic E-state index is 11.8. The van der Waals surface area contributed by atoms with Crippen LogP contribution in [0.15, 0.2) is 16.8 Å². The number of nitrogens with one attached hydrogen (secondary N) is 1. The molecule has 0 aliphatic carbocycles. The molecule has 1 aromatic heterocycles. The van der Waals surface area contributed by atoms with Gasteiger partial charge in [-0.25, -0.2) is 0 Å². The third-order valence-electron chi connectivity index (χ3n) is 2.96. The number of rotatable bonds is 4. The van der Waals surface area contributed by atoms with E-state index in [0.29, 0.717) is 12.3 Å². The Morgan fingerprint density at radius 1 is 1.59 bits per heavy atom. The van der Waals surface area contributed by atoms with E-state index in [1.807, 2.05) is 0 Å². The second-order valence-electron chi connectivity index (χ2n) is 4.20. The number of carbonyl (C=O) groups excluding carboxylic acids is 1. The fourth-order valence-electron chi connectivity index (χ4n) is 1.84. The molecule has 0 unspecified atom stereocenters. The Kier molecular flexibility index (Phi) is 4.11. The first-order valence-corrected chi connectivity index (χ1v) is 5.86. The summed E-state index contributed by atoms with van der Waals surface area (Å²) in [6, 6.07) is 1.59. The minimum Gasteiger partial charge on any atom is -0.351 e. The molecule has 1 fully saturated rings. The van der Waals surface area contributed by atoms with Gasteiger partial charge < -0.3 is 14.7 Å². The highest BCUT2D eigenvalue weighted by Gasteiger charge is 2.16. The molecule has 1 N–H and O–H groups in total. The molecule has 17 heavy (non-hydrogen) atoms. The molecule has 94 valence electrons. The van der Waals surface area contributed by atoms with E-state index in [0.717, 1.165) is 32.7 Å². The van der Waals surface area contributed by atoms with E-state index >= 15 is 0 Å². The van der Waals surface area contributed by atoms with Gasteiger partial charge in [-0.2, -0.15) is 0 Å². The van der Waals surface area contributed by atoms with Gasteiger partial charge in [-0.1, -0.05) is 5.16 Å². The normalized spacial score (nSPS) is 17.0. The SMILES string of the molecule is CN(CCN1CCNCC1)C(=O)c1ccno1. The fourth-order valence-corrected chi connectivity index (χ4v) is 1.84. The highest BCUT2D eigenvalue weighted by Crippen LogP contribution is 2.02. The van der Waals surface area contributed by atoms with E-state index in [1.165, 1.54) is 6.20 Å². The van der Waals surface area contributed by atoms with Crippen LogP contribution in [0.1, 0.15) is 10.6 Å². The molecule has 6 heteroatoms. The van der Waals surface area contributed by atoms with Crippen LogP contribution >= 0.6 is 0 Å². The lowest BCUT2D eigenvalue weighted by Crippen LogP contribution is -2.46. The van der Waals surface area contributed by atoms with Crippen LogP contribution < -0.4 is 5.32 Å². The lowest BCUT2D eigenvalue weighted by atomic mass is 10.3. The molecule has 0 saturated carbocycles. The van der Waals surface area contributed by atoms with E-state index < -0.39 is 0 Å². The van der Waals surface area contributed by atoms with Crippen LogP contribution in [-0.2, 0) is 0 Å². The van der Waals surface area contributed by atoms with Gasteiger partial charge in [-0.15, -0.1) is 0 Å². The van der Waals surface area contributed by atoms with Crippen LogP contribution in [0.2, 0.25) is 0 Å². The first-order valence-electron chi connectivity index (χ1n) is 5.86. The quantitative estimate of drug-likeness (QED) is 0.777. The summed E-state index contributed by atoms with van der Waals surface area (Å²) in [5.41, 5.74) is 0. The molecule has 0 aromatic carbocycles. The number of likely N-dealkylation sites (N-methyl/N-ethyl adjacent to an activating group) is 1. The highest BCUT2D eigenvalue weighted by atomic mass is 16.5. The van der Waals surface area contributed by atoms with Crippen molar-refractivity contribution in [2.24, 2.45) is 0 Å². The molecule has 2 rings (SSSR count). The molecule has 0 bridgehead atoms. The Hall–Kier alpha value is -1.40. The van der Waals surface area contributed by atoms with E-state index in [4.69, 9.17) is 4.52 Å². The average molecular weight is 238 g/mol. The van der Waals surface area contributed by atoms with Gasteiger partial charge in [0.25, 0.3) is 5.91 Å². The molecule has 0 spiro atoms. The first kappa shape index (κ1) is 12.1. The van der Waals surface area contributed by atoms with Crippen molar-refractivity contribution in [2.45, 2.75) is 0 Å². The van der Waals surface area contributed by atoms with Crippen LogP contribution in [-0.4, -0.2) is 67.2 Å². The second-order valence-corrected chi connectivity index (χ2v) is 4.20. The number of hydrogen-bond donors (Lipinski definition) is 1. The Bertz CT molecular complexity index is 346. The number of nitrogens with zero attached hydrogens (tertiary/aromatic N) is 3. The lowest BCUT2D eigenvalue weighted by molar-refractivity contribution is 0.0734. The summed E-state index contributed by atoms with van der Waals surface area (Å²) >= 11 is 0. The number of amides is 1. The topological polar surface area (TPSA) is 61.6 Å². The van der Waals surface area contributed by atoms with Crippen LogP contribution in [0, 0.1) is 0 Å². The zero-order valence-corrected chi connectivity index (χ0v) is 10.1. The molecule has 1 aromatic rings. The molecule has 0 atom stereocenters. The van der Waals surface area contributed by atoms with Gasteiger partial charge in [-0.3, -0.25) is 9.69 Å². The maximum absolute atomic E-state index is 11.8. The molecule has 1 aliphatic heterocycles. The Labute approximate surface area is 101 Å². The van der Waals surface area contributed by atoms with E-state index in [9.17, 15) is 4.79 Å². The van der Waals surface area contributed by atoms with Gasteiger partial charge in [0, 0.05) is 52.4 Å². The number of carbonyl (C=O) groups is 1. The minimum atomic E-state index is -0.113. The first-order chi connectivity index (χ1) is 8.27. The van der Waals surface area contributed by atoms with Crippen molar-refractivity contribution in [3.05, 3.63) is 18.0 Å². The van der Waals surface area contributed by atoms with Gasteiger partial charge in [0.05, 0.1) is 6.20 Å². The number of aromatic nitrogens is 1. The van der Waals surface area contributed by atoms with E-state index in [2.05, 4.69) is 15.4 Å². The van der Waals surface area contributed by atoms with Crippen molar-refractivity contribution in [2.75, 3.05) is 46.3 Å². The number of hydrogen-bond acceptors (Lipinski definition) is 5. The standard InChI is InChI=1S/C11H18N4O2/c1-14(11(16)10-2-3-13-17-10)8-9-15-6-4-12-5-7-15/h2-3,12H,4-9H2,1H3. The van der Waals surface area contributed by atoms with Crippen LogP contribution in [0.25, 0.3) is 0 Å². The lowest BCUT2D eigenvalue weighted by Gasteiger charge is -2.28. The van der Waals surface area contributed by atoms with Crippen molar-refractivity contribution >= 4 is 5.91 Å². The van der Waals surface area contributed by atoms with Crippen molar-refractivity contribution in [1.29, 1.82) is 0 Å². The molecule has 2 heterocycles. The third-order valence-corrected chi connectivity index (χ3v) is 2.96. The minimum absolute atomic E-state index is 0.113. The van der Waals surface area contributed by atoms with Crippen LogP contribution in [0.5, 0.6) is 0 Å². The molecule has 6 nitrogen and oxygen atoms in total. The van der Waals surface area contributed by atoms with Crippen molar-refractivity contribution in [1.82, 2.24) is 20.3 Å². The third kappa shape index (κ3) is 3.28. The summed E-state index contributed by atoms with van der Waals surface area (Å²) in [5, 5.41) is 6.84. The molecular weight excluding hydrogens is 220 g/mol. The zero-order chi connectivity index (χ0) is 12.1. The highest BCUT2D eigenvalue weighted by molar-refractivity contribution is 5.91. The Morgan fingerprint density at radius 3 is 3.00 bits per heavy atom.